The van der Waals surface area contributed by atoms with E-state index in [1.807, 2.05) is 13.8 Å². The number of aromatic amines is 1. The van der Waals surface area contributed by atoms with Crippen molar-refractivity contribution in [3.8, 4) is 0 Å². The highest BCUT2D eigenvalue weighted by Crippen LogP contribution is 1.98. The molecule has 1 aromatic heterocycles. The average molecular weight is 224 g/mol. The molecule has 0 aliphatic carbocycles. The number of nitrogens with zero attached hydrogens (tertiary/aromatic N) is 1. The summed E-state index contributed by atoms with van der Waals surface area (Å²) in [5.74, 6) is 1.04. The van der Waals surface area contributed by atoms with Gasteiger partial charge in [0.1, 0.15) is 5.82 Å². The molecule has 0 spiro atoms. The number of amides is 1. The van der Waals surface area contributed by atoms with Gasteiger partial charge in [-0.3, -0.25) is 4.79 Å². The fraction of sp³-hybridized carbons (Fsp3) is 0.636. The Bertz CT molecular complexity index is 308. The molecule has 1 aromatic rings. The van der Waals surface area contributed by atoms with Crippen LogP contribution in [0.3, 0.4) is 0 Å². The molecular formula is C11H20N4O. The third kappa shape index (κ3) is 4.02. The Morgan fingerprint density at radius 2 is 2.38 bits per heavy atom. The molecule has 0 saturated carbocycles. The van der Waals surface area contributed by atoms with Crippen molar-refractivity contribution in [3.63, 3.8) is 0 Å². The molecule has 16 heavy (non-hydrogen) atoms. The van der Waals surface area contributed by atoms with Gasteiger partial charge in [-0.15, -0.1) is 0 Å². The first-order valence-corrected chi connectivity index (χ1v) is 5.63. The van der Waals surface area contributed by atoms with E-state index in [9.17, 15) is 4.79 Å². The lowest BCUT2D eigenvalue weighted by Crippen LogP contribution is -2.44. The molecule has 5 nitrogen and oxygen atoms in total. The van der Waals surface area contributed by atoms with Gasteiger partial charge in [0.25, 0.3) is 0 Å². The number of carbonyl (C=O) groups excluding carboxylic acids is 1. The summed E-state index contributed by atoms with van der Waals surface area (Å²) in [6.07, 6.45) is 5.22. The van der Waals surface area contributed by atoms with Crippen molar-refractivity contribution in [1.29, 1.82) is 0 Å². The quantitative estimate of drug-likeness (QED) is 0.613. The Balaban J connectivity index is 2.13. The minimum Gasteiger partial charge on any atom is -0.355 e. The molecule has 0 aliphatic rings. The lowest BCUT2D eigenvalue weighted by molar-refractivity contribution is -0.123. The van der Waals surface area contributed by atoms with Gasteiger partial charge in [-0.25, -0.2) is 4.98 Å². The molecule has 0 aromatic carbocycles. The fourth-order valence-electron chi connectivity index (χ4n) is 1.32. The Kier molecular flexibility index (Phi) is 4.98. The monoisotopic (exact) mass is 224 g/mol. The number of imidazole rings is 1. The Labute approximate surface area is 95.8 Å². The number of aromatic nitrogens is 2. The number of hydrogen-bond donors (Lipinski definition) is 3. The van der Waals surface area contributed by atoms with Crippen LogP contribution in [-0.2, 0) is 11.2 Å². The van der Waals surface area contributed by atoms with Crippen LogP contribution in [0.2, 0.25) is 0 Å². The molecule has 0 bridgehead atoms. The van der Waals surface area contributed by atoms with Crippen LogP contribution in [0.1, 0.15) is 26.1 Å². The van der Waals surface area contributed by atoms with Crippen molar-refractivity contribution >= 4 is 5.91 Å². The average Bonchev–Trinajstić information content (AvgIpc) is 2.75. The van der Waals surface area contributed by atoms with Crippen LogP contribution in [-0.4, -0.2) is 28.5 Å². The van der Waals surface area contributed by atoms with Crippen molar-refractivity contribution in [2.45, 2.75) is 32.7 Å². The van der Waals surface area contributed by atoms with Gasteiger partial charge in [-0.1, -0.05) is 13.8 Å². The van der Waals surface area contributed by atoms with Crippen molar-refractivity contribution in [2.24, 2.45) is 11.7 Å². The summed E-state index contributed by atoms with van der Waals surface area (Å²) in [5, 5.41) is 2.82. The van der Waals surface area contributed by atoms with Gasteiger partial charge in [0.15, 0.2) is 0 Å². The Morgan fingerprint density at radius 3 is 2.94 bits per heavy atom. The fourth-order valence-corrected chi connectivity index (χ4v) is 1.32. The topological polar surface area (TPSA) is 83.8 Å². The third-order valence-electron chi connectivity index (χ3n) is 2.47. The maximum atomic E-state index is 11.5. The van der Waals surface area contributed by atoms with Gasteiger partial charge in [0.05, 0.1) is 6.04 Å². The zero-order valence-electron chi connectivity index (χ0n) is 9.86. The van der Waals surface area contributed by atoms with E-state index in [-0.39, 0.29) is 11.8 Å². The van der Waals surface area contributed by atoms with Gasteiger partial charge in [-0.2, -0.15) is 0 Å². The maximum Gasteiger partial charge on any atom is 0.237 e. The van der Waals surface area contributed by atoms with Gasteiger partial charge < -0.3 is 16.0 Å². The number of nitrogens with one attached hydrogen (secondary N) is 2. The standard InChI is InChI=1S/C11H20N4O/c1-8(2)10(12)11(16)15-5-3-4-9-13-6-7-14-9/h6-8,10H,3-5,12H2,1-2H3,(H,13,14)(H,15,16)/t10-/m1/s1. The van der Waals surface area contributed by atoms with Crippen LogP contribution < -0.4 is 11.1 Å². The van der Waals surface area contributed by atoms with Gasteiger partial charge >= 0.3 is 0 Å². The predicted molar refractivity (Wildman–Crippen MR) is 62.7 cm³/mol. The first kappa shape index (κ1) is 12.7. The molecule has 90 valence electrons. The Morgan fingerprint density at radius 1 is 1.62 bits per heavy atom. The van der Waals surface area contributed by atoms with Crippen LogP contribution in [0.15, 0.2) is 12.4 Å². The van der Waals surface area contributed by atoms with E-state index in [4.69, 9.17) is 5.73 Å². The summed E-state index contributed by atoms with van der Waals surface area (Å²) in [7, 11) is 0. The zero-order valence-corrected chi connectivity index (χ0v) is 9.86. The third-order valence-corrected chi connectivity index (χ3v) is 2.47. The molecule has 0 saturated heterocycles. The number of nitrogens with two attached hydrogens (primary N) is 1. The van der Waals surface area contributed by atoms with E-state index >= 15 is 0 Å². The van der Waals surface area contributed by atoms with E-state index in [0.29, 0.717) is 6.54 Å². The largest absolute Gasteiger partial charge is 0.355 e. The second-order valence-electron chi connectivity index (χ2n) is 4.20. The van der Waals surface area contributed by atoms with Crippen LogP contribution in [0, 0.1) is 5.92 Å². The molecule has 4 N–H and O–H groups in total. The number of H-pyrrole nitrogens is 1. The van der Waals surface area contributed by atoms with Crippen molar-refractivity contribution in [2.75, 3.05) is 6.54 Å². The number of hydrogen-bond acceptors (Lipinski definition) is 3. The van der Waals surface area contributed by atoms with Gasteiger partial charge in [0.2, 0.25) is 5.91 Å². The highest BCUT2D eigenvalue weighted by Gasteiger charge is 2.15. The number of carbonyl (C=O) groups is 1. The summed E-state index contributed by atoms with van der Waals surface area (Å²) in [6.45, 7) is 4.51. The van der Waals surface area contributed by atoms with Crippen LogP contribution >= 0.6 is 0 Å². The molecule has 1 amide bonds. The summed E-state index contributed by atoms with van der Waals surface area (Å²) < 4.78 is 0. The molecule has 5 heteroatoms. The molecule has 0 fully saturated rings. The van der Waals surface area contributed by atoms with Crippen LogP contribution in [0.4, 0.5) is 0 Å². The van der Waals surface area contributed by atoms with E-state index in [1.54, 1.807) is 12.4 Å². The molecular weight excluding hydrogens is 204 g/mol. The van der Waals surface area contributed by atoms with Crippen LogP contribution in [0.25, 0.3) is 0 Å². The smallest absolute Gasteiger partial charge is 0.237 e. The van der Waals surface area contributed by atoms with E-state index in [2.05, 4.69) is 15.3 Å². The molecule has 1 heterocycles. The SMILES string of the molecule is CC(C)[C@@H](N)C(=O)NCCCc1ncc[nH]1. The molecule has 0 aliphatic heterocycles. The van der Waals surface area contributed by atoms with E-state index in [0.717, 1.165) is 18.7 Å². The second-order valence-corrected chi connectivity index (χ2v) is 4.20. The van der Waals surface area contributed by atoms with Gasteiger partial charge in [-0.05, 0) is 12.3 Å². The number of aryl methyl sites for hydroxylation is 1. The highest BCUT2D eigenvalue weighted by molar-refractivity contribution is 5.81. The zero-order chi connectivity index (χ0) is 12.0. The van der Waals surface area contributed by atoms with E-state index < -0.39 is 6.04 Å². The molecule has 1 atom stereocenters. The number of rotatable bonds is 6. The summed E-state index contributed by atoms with van der Waals surface area (Å²) in [5.41, 5.74) is 5.71. The minimum absolute atomic E-state index is 0.0746. The minimum atomic E-state index is -0.413. The first-order valence-electron chi connectivity index (χ1n) is 5.63. The second kappa shape index (κ2) is 6.27. The highest BCUT2D eigenvalue weighted by atomic mass is 16.2. The molecule has 0 radical (unpaired) electrons. The maximum absolute atomic E-state index is 11.5. The van der Waals surface area contributed by atoms with Crippen LogP contribution in [0.5, 0.6) is 0 Å². The molecule has 0 unspecified atom stereocenters. The summed E-state index contributed by atoms with van der Waals surface area (Å²) in [4.78, 5) is 18.6. The summed E-state index contributed by atoms with van der Waals surface area (Å²) >= 11 is 0. The Hall–Kier alpha value is -1.36. The predicted octanol–water partition coefficient (Wildman–Crippen LogP) is 0.442. The lowest BCUT2D eigenvalue weighted by Gasteiger charge is -2.14. The van der Waals surface area contributed by atoms with Crippen molar-refractivity contribution < 1.29 is 4.79 Å². The first-order chi connectivity index (χ1) is 7.61. The van der Waals surface area contributed by atoms with Crippen molar-refractivity contribution in [3.05, 3.63) is 18.2 Å². The van der Waals surface area contributed by atoms with Crippen molar-refractivity contribution in [1.82, 2.24) is 15.3 Å². The van der Waals surface area contributed by atoms with Gasteiger partial charge in [0, 0.05) is 25.4 Å². The summed E-state index contributed by atoms with van der Waals surface area (Å²) in [6, 6.07) is -0.413. The molecule has 1 rings (SSSR count). The van der Waals surface area contributed by atoms with E-state index in [1.165, 1.54) is 0 Å². The normalized spacial score (nSPS) is 12.8. The lowest BCUT2D eigenvalue weighted by atomic mass is 10.1.